The largest absolute Gasteiger partial charge is 0.308 e. The standard InChI is InChI=1S/C18H30N2S/c1-13(2)14-7-6-11-18(19-3,12-10-14)17-20-15-8-4-5-9-16(15)21-17/h13-14,19H,4-12H2,1-3H3. The van der Waals surface area contributed by atoms with Crippen LogP contribution in [0.3, 0.4) is 0 Å². The second-order valence-electron chi connectivity index (χ2n) is 7.36. The summed E-state index contributed by atoms with van der Waals surface area (Å²) in [6.45, 7) is 4.78. The van der Waals surface area contributed by atoms with E-state index in [1.165, 1.54) is 68.5 Å². The average Bonchev–Trinajstić information content (AvgIpc) is 2.80. The number of fused-ring (bicyclic) bond motifs is 1. The zero-order chi connectivity index (χ0) is 14.9. The molecule has 0 saturated heterocycles. The van der Waals surface area contributed by atoms with Crippen LogP contribution in [0.1, 0.15) is 74.4 Å². The number of hydrogen-bond donors (Lipinski definition) is 1. The molecule has 2 aliphatic carbocycles. The van der Waals surface area contributed by atoms with Crippen molar-refractivity contribution in [3.05, 3.63) is 15.6 Å². The van der Waals surface area contributed by atoms with Gasteiger partial charge in [0.15, 0.2) is 0 Å². The maximum Gasteiger partial charge on any atom is 0.113 e. The first-order valence-electron chi connectivity index (χ1n) is 8.82. The van der Waals surface area contributed by atoms with Crippen molar-refractivity contribution in [3.63, 3.8) is 0 Å². The van der Waals surface area contributed by atoms with Crippen molar-refractivity contribution in [1.29, 1.82) is 0 Å². The van der Waals surface area contributed by atoms with Crippen molar-refractivity contribution >= 4 is 11.3 Å². The summed E-state index contributed by atoms with van der Waals surface area (Å²) in [5, 5.41) is 5.08. The van der Waals surface area contributed by atoms with E-state index in [9.17, 15) is 0 Å². The van der Waals surface area contributed by atoms with E-state index >= 15 is 0 Å². The van der Waals surface area contributed by atoms with Gasteiger partial charge in [0.25, 0.3) is 0 Å². The van der Waals surface area contributed by atoms with Gasteiger partial charge < -0.3 is 5.32 Å². The van der Waals surface area contributed by atoms with Gasteiger partial charge in [0, 0.05) is 4.88 Å². The predicted molar refractivity (Wildman–Crippen MR) is 90.9 cm³/mol. The van der Waals surface area contributed by atoms with Crippen LogP contribution in [0.2, 0.25) is 0 Å². The summed E-state index contributed by atoms with van der Waals surface area (Å²) in [4.78, 5) is 6.66. The van der Waals surface area contributed by atoms with Crippen molar-refractivity contribution in [2.45, 2.75) is 77.2 Å². The second-order valence-corrected chi connectivity index (χ2v) is 8.45. The van der Waals surface area contributed by atoms with Crippen molar-refractivity contribution < 1.29 is 0 Å². The maximum atomic E-state index is 5.09. The number of nitrogens with zero attached hydrogens (tertiary/aromatic N) is 1. The molecule has 1 fully saturated rings. The minimum absolute atomic E-state index is 0.158. The minimum Gasteiger partial charge on any atom is -0.308 e. The molecule has 0 aromatic carbocycles. The third-order valence-electron chi connectivity index (χ3n) is 5.80. The molecule has 1 saturated carbocycles. The van der Waals surface area contributed by atoms with E-state index in [1.807, 2.05) is 11.3 Å². The van der Waals surface area contributed by atoms with E-state index < -0.39 is 0 Å². The van der Waals surface area contributed by atoms with Gasteiger partial charge in [-0.1, -0.05) is 26.7 Å². The molecule has 2 aliphatic rings. The van der Waals surface area contributed by atoms with Crippen LogP contribution in [0, 0.1) is 11.8 Å². The molecule has 0 bridgehead atoms. The molecule has 0 spiro atoms. The van der Waals surface area contributed by atoms with Crippen molar-refractivity contribution in [1.82, 2.24) is 10.3 Å². The monoisotopic (exact) mass is 306 g/mol. The topological polar surface area (TPSA) is 24.9 Å². The smallest absolute Gasteiger partial charge is 0.113 e. The van der Waals surface area contributed by atoms with Gasteiger partial charge in [0.05, 0.1) is 11.2 Å². The van der Waals surface area contributed by atoms with Crippen LogP contribution in [-0.4, -0.2) is 12.0 Å². The zero-order valence-electron chi connectivity index (χ0n) is 13.9. The molecule has 3 rings (SSSR count). The van der Waals surface area contributed by atoms with E-state index in [-0.39, 0.29) is 5.54 Å². The SMILES string of the molecule is CNC1(c2nc3c(s2)CCCC3)CCCC(C(C)C)CC1. The molecule has 2 atom stereocenters. The Balaban J connectivity index is 1.84. The lowest BCUT2D eigenvalue weighted by Crippen LogP contribution is -2.39. The second kappa shape index (κ2) is 6.37. The Labute approximate surface area is 133 Å². The summed E-state index contributed by atoms with van der Waals surface area (Å²) in [7, 11) is 2.15. The number of thiazole rings is 1. The summed E-state index contributed by atoms with van der Waals surface area (Å²) in [6.07, 6.45) is 11.8. The highest BCUT2D eigenvalue weighted by Gasteiger charge is 2.37. The Morgan fingerprint density at radius 2 is 1.95 bits per heavy atom. The number of nitrogens with one attached hydrogen (secondary N) is 1. The highest BCUT2D eigenvalue weighted by Crippen LogP contribution is 2.42. The lowest BCUT2D eigenvalue weighted by molar-refractivity contribution is 0.292. The number of aryl methyl sites for hydroxylation is 2. The van der Waals surface area contributed by atoms with E-state index in [2.05, 4.69) is 26.2 Å². The number of aromatic nitrogens is 1. The quantitative estimate of drug-likeness (QED) is 0.821. The Morgan fingerprint density at radius 3 is 2.67 bits per heavy atom. The summed E-state index contributed by atoms with van der Waals surface area (Å²) in [5.74, 6) is 1.72. The zero-order valence-corrected chi connectivity index (χ0v) is 14.7. The predicted octanol–water partition coefficient (Wildman–Crippen LogP) is 4.67. The van der Waals surface area contributed by atoms with Gasteiger partial charge in [0.2, 0.25) is 0 Å². The highest BCUT2D eigenvalue weighted by atomic mass is 32.1. The van der Waals surface area contributed by atoms with Crippen molar-refractivity contribution in [3.8, 4) is 0 Å². The molecule has 1 heterocycles. The fourth-order valence-corrected chi connectivity index (χ4v) is 5.56. The molecule has 21 heavy (non-hydrogen) atoms. The molecule has 2 unspecified atom stereocenters. The number of rotatable bonds is 3. The summed E-state index contributed by atoms with van der Waals surface area (Å²) < 4.78 is 0. The maximum absolute atomic E-state index is 5.09. The highest BCUT2D eigenvalue weighted by molar-refractivity contribution is 7.11. The summed E-state index contributed by atoms with van der Waals surface area (Å²) >= 11 is 2.01. The lowest BCUT2D eigenvalue weighted by Gasteiger charge is -2.30. The molecule has 0 aliphatic heterocycles. The summed E-state index contributed by atoms with van der Waals surface area (Å²) in [6, 6.07) is 0. The fraction of sp³-hybridized carbons (Fsp3) is 0.833. The molecule has 118 valence electrons. The fourth-order valence-electron chi connectivity index (χ4n) is 4.16. The van der Waals surface area contributed by atoms with Crippen LogP contribution in [0.5, 0.6) is 0 Å². The van der Waals surface area contributed by atoms with Gasteiger partial charge >= 0.3 is 0 Å². The first-order valence-corrected chi connectivity index (χ1v) is 9.64. The molecule has 0 radical (unpaired) electrons. The molecule has 1 aromatic rings. The lowest BCUT2D eigenvalue weighted by atomic mass is 9.87. The molecule has 1 N–H and O–H groups in total. The van der Waals surface area contributed by atoms with E-state index in [0.29, 0.717) is 0 Å². The van der Waals surface area contributed by atoms with Crippen LogP contribution >= 0.6 is 11.3 Å². The van der Waals surface area contributed by atoms with E-state index in [4.69, 9.17) is 4.98 Å². The van der Waals surface area contributed by atoms with E-state index in [0.717, 1.165) is 11.8 Å². The average molecular weight is 307 g/mol. The van der Waals surface area contributed by atoms with Gasteiger partial charge in [-0.2, -0.15) is 0 Å². The number of hydrogen-bond acceptors (Lipinski definition) is 3. The first kappa shape index (κ1) is 15.5. The normalized spacial score (nSPS) is 30.2. The van der Waals surface area contributed by atoms with Crippen LogP contribution in [0.15, 0.2) is 0 Å². The summed E-state index contributed by atoms with van der Waals surface area (Å²) in [5.41, 5.74) is 1.58. The van der Waals surface area contributed by atoms with Gasteiger partial charge in [-0.15, -0.1) is 11.3 Å². The molecule has 1 aromatic heterocycles. The Hall–Kier alpha value is -0.410. The Bertz CT molecular complexity index is 456. The molecular weight excluding hydrogens is 276 g/mol. The molecule has 3 heteroatoms. The van der Waals surface area contributed by atoms with E-state index in [1.54, 1.807) is 4.88 Å². The van der Waals surface area contributed by atoms with Crippen LogP contribution < -0.4 is 5.32 Å². The van der Waals surface area contributed by atoms with Gasteiger partial charge in [-0.05, 0) is 63.8 Å². The van der Waals surface area contributed by atoms with Crippen LogP contribution in [-0.2, 0) is 18.4 Å². The van der Waals surface area contributed by atoms with Crippen LogP contribution in [0.25, 0.3) is 0 Å². The van der Waals surface area contributed by atoms with Crippen LogP contribution in [0.4, 0.5) is 0 Å². The van der Waals surface area contributed by atoms with Gasteiger partial charge in [0.1, 0.15) is 5.01 Å². The molecule has 0 amide bonds. The third-order valence-corrected chi connectivity index (χ3v) is 7.16. The van der Waals surface area contributed by atoms with Gasteiger partial charge in [-0.3, -0.25) is 0 Å². The Kier molecular flexibility index (Phi) is 4.70. The van der Waals surface area contributed by atoms with Gasteiger partial charge in [-0.25, -0.2) is 4.98 Å². The minimum atomic E-state index is 0.158. The molecular formula is C18H30N2S. The molecule has 2 nitrogen and oxygen atoms in total. The Morgan fingerprint density at radius 1 is 1.14 bits per heavy atom. The first-order chi connectivity index (χ1) is 10.1. The van der Waals surface area contributed by atoms with Crippen molar-refractivity contribution in [2.24, 2.45) is 11.8 Å². The van der Waals surface area contributed by atoms with Crippen molar-refractivity contribution in [2.75, 3.05) is 7.05 Å². The third kappa shape index (κ3) is 3.05.